The second-order valence-electron chi connectivity index (χ2n) is 15.6. The standard InChI is InChI=1S/C50H70N2O6/c1-4-5-6-7-8-9-10-11-12-13-14-15-16-17-22-27-48(54)51-37-24-19-23-28-49(55)52-39-44(53)38-47(52)50(42-29-33-45(56-2)34-30-42,43-31-35-46(57-3)36-32-43)58-40-41-25-20-18-21-26-41/h8-9,11-12,18,20-21,25-26,29-36,44,47,53H,4-7,10,13-17,19,22-24,27-28,37-40H2,1-3H3,(H,51,54). The number of likely N-dealkylation sites (tertiary alicyclic amines) is 1. The molecule has 8 heteroatoms. The van der Waals surface area contributed by atoms with Gasteiger partial charge in [0, 0.05) is 25.9 Å². The fourth-order valence-corrected chi connectivity index (χ4v) is 7.87. The van der Waals surface area contributed by atoms with Gasteiger partial charge < -0.3 is 29.5 Å². The van der Waals surface area contributed by atoms with E-state index >= 15 is 0 Å². The van der Waals surface area contributed by atoms with E-state index in [1.54, 1.807) is 14.2 Å². The third-order valence-electron chi connectivity index (χ3n) is 11.2. The van der Waals surface area contributed by atoms with Gasteiger partial charge >= 0.3 is 0 Å². The number of carbonyl (C=O) groups excluding carboxylic acids is 2. The van der Waals surface area contributed by atoms with Crippen LogP contribution in [-0.2, 0) is 26.5 Å². The van der Waals surface area contributed by atoms with Gasteiger partial charge in [0.15, 0.2) is 0 Å². The van der Waals surface area contributed by atoms with Crippen molar-refractivity contribution < 1.29 is 28.9 Å². The highest BCUT2D eigenvalue weighted by Crippen LogP contribution is 2.45. The molecule has 58 heavy (non-hydrogen) atoms. The molecule has 0 radical (unpaired) electrons. The van der Waals surface area contributed by atoms with Crippen molar-refractivity contribution in [3.8, 4) is 11.5 Å². The van der Waals surface area contributed by atoms with Crippen LogP contribution >= 0.6 is 0 Å². The van der Waals surface area contributed by atoms with E-state index < -0.39 is 17.7 Å². The normalized spacial score (nSPS) is 15.7. The molecule has 2 amide bonds. The summed E-state index contributed by atoms with van der Waals surface area (Å²) in [6.07, 6.45) is 24.9. The smallest absolute Gasteiger partial charge is 0.223 e. The van der Waals surface area contributed by atoms with Crippen LogP contribution in [0, 0.1) is 0 Å². The maximum atomic E-state index is 14.1. The zero-order chi connectivity index (χ0) is 41.3. The molecular weight excluding hydrogens is 725 g/mol. The summed E-state index contributed by atoms with van der Waals surface area (Å²) in [6, 6.07) is 25.1. The Balaban J connectivity index is 1.25. The molecule has 0 aromatic heterocycles. The van der Waals surface area contributed by atoms with E-state index in [0.717, 1.165) is 55.2 Å². The summed E-state index contributed by atoms with van der Waals surface area (Å²) in [7, 11) is 3.27. The summed E-state index contributed by atoms with van der Waals surface area (Å²) in [4.78, 5) is 28.4. The van der Waals surface area contributed by atoms with Gasteiger partial charge in [0.2, 0.25) is 11.8 Å². The van der Waals surface area contributed by atoms with Crippen molar-refractivity contribution in [3.63, 3.8) is 0 Å². The number of rotatable bonds is 28. The number of hydrogen-bond acceptors (Lipinski definition) is 6. The first-order valence-corrected chi connectivity index (χ1v) is 21.9. The third kappa shape index (κ3) is 15.1. The maximum Gasteiger partial charge on any atom is 0.223 e. The Morgan fingerprint density at radius 1 is 0.724 bits per heavy atom. The Hall–Kier alpha value is -4.40. The Bertz CT molecular complexity index is 1590. The average molecular weight is 795 g/mol. The number of carbonyl (C=O) groups is 2. The summed E-state index contributed by atoms with van der Waals surface area (Å²) >= 11 is 0. The number of methoxy groups -OCH3 is 2. The van der Waals surface area contributed by atoms with Crippen molar-refractivity contribution in [2.24, 2.45) is 0 Å². The maximum absolute atomic E-state index is 14.1. The van der Waals surface area contributed by atoms with E-state index in [4.69, 9.17) is 14.2 Å². The topological polar surface area (TPSA) is 97.3 Å². The molecule has 8 nitrogen and oxygen atoms in total. The lowest BCUT2D eigenvalue weighted by molar-refractivity contribution is -0.141. The highest BCUT2D eigenvalue weighted by molar-refractivity contribution is 5.77. The van der Waals surface area contributed by atoms with Gasteiger partial charge in [-0.05, 0) is 98.7 Å². The van der Waals surface area contributed by atoms with E-state index in [1.165, 1.54) is 44.9 Å². The Kier molecular flexibility index (Phi) is 21.2. The zero-order valence-electron chi connectivity index (χ0n) is 35.5. The second-order valence-corrected chi connectivity index (χ2v) is 15.6. The van der Waals surface area contributed by atoms with Gasteiger partial charge in [0.1, 0.15) is 17.1 Å². The Morgan fingerprint density at radius 2 is 1.29 bits per heavy atom. The lowest BCUT2D eigenvalue weighted by Crippen LogP contribution is -2.52. The van der Waals surface area contributed by atoms with Gasteiger partial charge in [-0.25, -0.2) is 0 Å². The molecular formula is C50H70N2O6. The van der Waals surface area contributed by atoms with Crippen LogP contribution in [-0.4, -0.2) is 61.3 Å². The summed E-state index contributed by atoms with van der Waals surface area (Å²) in [5, 5.41) is 14.2. The van der Waals surface area contributed by atoms with Crippen molar-refractivity contribution >= 4 is 11.8 Å². The molecule has 3 aromatic carbocycles. The number of amides is 2. The number of unbranched alkanes of at least 4 members (excludes halogenated alkanes) is 10. The zero-order valence-corrected chi connectivity index (χ0v) is 35.5. The predicted molar refractivity (Wildman–Crippen MR) is 235 cm³/mol. The highest BCUT2D eigenvalue weighted by atomic mass is 16.5. The molecule has 1 fully saturated rings. The third-order valence-corrected chi connectivity index (χ3v) is 11.2. The lowest BCUT2D eigenvalue weighted by Gasteiger charge is -2.44. The van der Waals surface area contributed by atoms with Crippen LogP contribution in [0.15, 0.2) is 103 Å². The Labute approximate surface area is 349 Å². The molecule has 2 unspecified atom stereocenters. The molecule has 0 aliphatic carbocycles. The van der Waals surface area contributed by atoms with Crippen LogP contribution in [0.4, 0.5) is 0 Å². The number of hydrogen-bond donors (Lipinski definition) is 2. The number of β-amino-alcohol motifs (C(OH)–C–C–N with tert-alkyl or cyclic N) is 1. The molecule has 1 aliphatic rings. The molecule has 0 bridgehead atoms. The van der Waals surface area contributed by atoms with E-state index in [2.05, 4.69) is 36.5 Å². The quantitative estimate of drug-likeness (QED) is 0.0561. The average Bonchev–Trinajstić information content (AvgIpc) is 3.66. The van der Waals surface area contributed by atoms with Crippen LogP contribution in [0.2, 0.25) is 0 Å². The number of nitrogens with zero attached hydrogens (tertiary/aromatic N) is 1. The number of aliphatic hydroxyl groups is 1. The molecule has 1 saturated heterocycles. The van der Waals surface area contributed by atoms with Crippen LogP contribution in [0.5, 0.6) is 11.5 Å². The van der Waals surface area contributed by atoms with Gasteiger partial charge in [0.25, 0.3) is 0 Å². The summed E-state index contributed by atoms with van der Waals surface area (Å²) in [6.45, 7) is 3.39. The first kappa shape index (κ1) is 46.3. The van der Waals surface area contributed by atoms with E-state index in [0.29, 0.717) is 50.3 Å². The number of allylic oxidation sites excluding steroid dienone is 4. The second kappa shape index (κ2) is 26.6. The lowest BCUT2D eigenvalue weighted by atomic mass is 9.78. The fraction of sp³-hybridized carbons (Fsp3) is 0.520. The van der Waals surface area contributed by atoms with E-state index in [1.807, 2.05) is 83.8 Å². The molecule has 4 rings (SSSR count). The van der Waals surface area contributed by atoms with Gasteiger partial charge in [-0.3, -0.25) is 9.59 Å². The first-order chi connectivity index (χ1) is 28.4. The number of nitrogens with one attached hydrogen (secondary N) is 1. The van der Waals surface area contributed by atoms with E-state index in [9.17, 15) is 14.7 Å². The number of ether oxygens (including phenoxy) is 3. The van der Waals surface area contributed by atoms with Gasteiger partial charge in [-0.1, -0.05) is 124 Å². The van der Waals surface area contributed by atoms with Gasteiger partial charge in [-0.2, -0.15) is 0 Å². The highest BCUT2D eigenvalue weighted by Gasteiger charge is 2.51. The minimum Gasteiger partial charge on any atom is -0.497 e. The number of aliphatic hydroxyl groups excluding tert-OH is 1. The van der Waals surface area contributed by atoms with Crippen LogP contribution in [0.1, 0.15) is 133 Å². The van der Waals surface area contributed by atoms with Gasteiger partial charge in [0.05, 0.1) is 33.0 Å². The molecule has 2 N–H and O–H groups in total. The minimum absolute atomic E-state index is 0.0124. The minimum atomic E-state index is -1.10. The molecule has 1 heterocycles. The molecule has 3 aromatic rings. The summed E-state index contributed by atoms with van der Waals surface area (Å²) in [5.41, 5.74) is 1.63. The molecule has 1 aliphatic heterocycles. The van der Waals surface area contributed by atoms with Crippen LogP contribution < -0.4 is 14.8 Å². The SMILES string of the molecule is CCCCCC=CCC=CCCCCCCCC(=O)NCCCCCC(=O)N1CC(O)CC1C(OCc1ccccc1)(c1ccc(OC)cc1)c1ccc(OC)cc1. The summed E-state index contributed by atoms with van der Waals surface area (Å²) in [5.74, 6) is 1.53. The van der Waals surface area contributed by atoms with E-state index in [-0.39, 0.29) is 18.4 Å². The van der Waals surface area contributed by atoms with Crippen LogP contribution in [0.3, 0.4) is 0 Å². The first-order valence-electron chi connectivity index (χ1n) is 21.9. The summed E-state index contributed by atoms with van der Waals surface area (Å²) < 4.78 is 18.1. The fourth-order valence-electron chi connectivity index (χ4n) is 7.87. The largest absolute Gasteiger partial charge is 0.497 e. The monoisotopic (exact) mass is 795 g/mol. The van der Waals surface area contributed by atoms with Crippen molar-refractivity contribution in [2.75, 3.05) is 27.3 Å². The van der Waals surface area contributed by atoms with Crippen molar-refractivity contribution in [2.45, 2.75) is 140 Å². The Morgan fingerprint density at radius 3 is 1.91 bits per heavy atom. The predicted octanol–water partition coefficient (Wildman–Crippen LogP) is 10.6. The molecule has 316 valence electrons. The van der Waals surface area contributed by atoms with Crippen molar-refractivity contribution in [3.05, 3.63) is 120 Å². The molecule has 0 saturated carbocycles. The van der Waals surface area contributed by atoms with Gasteiger partial charge in [-0.15, -0.1) is 0 Å². The molecule has 2 atom stereocenters. The molecule has 0 spiro atoms. The van der Waals surface area contributed by atoms with Crippen molar-refractivity contribution in [1.29, 1.82) is 0 Å². The van der Waals surface area contributed by atoms with Crippen molar-refractivity contribution in [1.82, 2.24) is 10.2 Å². The number of benzene rings is 3. The van der Waals surface area contributed by atoms with Crippen LogP contribution in [0.25, 0.3) is 0 Å².